The van der Waals surface area contributed by atoms with Crippen LogP contribution in [0.3, 0.4) is 0 Å². The van der Waals surface area contributed by atoms with E-state index < -0.39 is 16.1 Å². The Kier molecular flexibility index (Phi) is 7.53. The molecule has 0 radical (unpaired) electrons. The van der Waals surface area contributed by atoms with E-state index in [9.17, 15) is 13.2 Å². The van der Waals surface area contributed by atoms with Gasteiger partial charge in [0.15, 0.2) is 11.4 Å². The second kappa shape index (κ2) is 10.8. The number of ether oxygens (including phenoxy) is 3. The van der Waals surface area contributed by atoms with Gasteiger partial charge >= 0.3 is 6.09 Å². The second-order valence-corrected chi connectivity index (χ2v) is 9.69. The summed E-state index contributed by atoms with van der Waals surface area (Å²) >= 11 is 0. The second-order valence-electron chi connectivity index (χ2n) is 8.04. The minimum atomic E-state index is -4.05. The summed E-state index contributed by atoms with van der Waals surface area (Å²) in [4.78, 5) is 11.3. The first-order chi connectivity index (χ1) is 17.8. The number of sulfonamides is 1. The highest BCUT2D eigenvalue weighted by molar-refractivity contribution is 7.92. The molecule has 2 heterocycles. The molecule has 0 aliphatic heterocycles. The Bertz CT molecular complexity index is 1530. The SMILES string of the molecule is CCc1ccc(OC)c(S(=O)(=O)Nc2noc3cc(Cn4cc(CNC(=O)OC)cn4)cc(OC)c23)c1. The van der Waals surface area contributed by atoms with Gasteiger partial charge in [-0.3, -0.25) is 9.40 Å². The molecule has 196 valence electrons. The molecule has 37 heavy (non-hydrogen) atoms. The van der Waals surface area contributed by atoms with Crippen LogP contribution in [0.2, 0.25) is 0 Å². The lowest BCUT2D eigenvalue weighted by Crippen LogP contribution is -2.21. The molecule has 12 nitrogen and oxygen atoms in total. The monoisotopic (exact) mass is 529 g/mol. The number of hydrogen-bond donors (Lipinski definition) is 2. The van der Waals surface area contributed by atoms with Gasteiger partial charge in [-0.05, 0) is 41.8 Å². The van der Waals surface area contributed by atoms with Crippen molar-refractivity contribution in [2.45, 2.75) is 31.3 Å². The van der Waals surface area contributed by atoms with Crippen LogP contribution in [0.15, 0.2) is 52.1 Å². The minimum Gasteiger partial charge on any atom is -0.496 e. The molecule has 0 aliphatic rings. The predicted molar refractivity (Wildman–Crippen MR) is 134 cm³/mol. The van der Waals surface area contributed by atoms with E-state index in [1.807, 2.05) is 13.0 Å². The summed E-state index contributed by atoms with van der Waals surface area (Å²) in [6.07, 6.45) is 3.55. The van der Waals surface area contributed by atoms with Crippen molar-refractivity contribution in [1.82, 2.24) is 20.3 Å². The van der Waals surface area contributed by atoms with Crippen molar-refractivity contribution in [1.29, 1.82) is 0 Å². The number of nitrogens with zero attached hydrogens (tertiary/aromatic N) is 3. The molecule has 2 aromatic heterocycles. The van der Waals surface area contributed by atoms with E-state index in [-0.39, 0.29) is 23.0 Å². The van der Waals surface area contributed by atoms with Gasteiger partial charge in [-0.25, -0.2) is 13.2 Å². The zero-order chi connectivity index (χ0) is 26.6. The number of nitrogens with one attached hydrogen (secondary N) is 2. The molecule has 2 aromatic carbocycles. The summed E-state index contributed by atoms with van der Waals surface area (Å²) in [5.74, 6) is 0.588. The fraction of sp³-hybridized carbons (Fsp3) is 0.292. The summed E-state index contributed by atoms with van der Waals surface area (Å²) < 4.78 is 51.5. The van der Waals surface area contributed by atoms with Crippen LogP contribution in [-0.4, -0.2) is 50.8 Å². The fourth-order valence-corrected chi connectivity index (χ4v) is 4.99. The number of carbonyl (C=O) groups is 1. The lowest BCUT2D eigenvalue weighted by atomic mass is 10.1. The number of fused-ring (bicyclic) bond motifs is 1. The van der Waals surface area contributed by atoms with Crippen molar-refractivity contribution in [3.63, 3.8) is 0 Å². The molecular formula is C24H27N5O7S. The molecule has 13 heteroatoms. The highest BCUT2D eigenvalue weighted by Crippen LogP contribution is 2.36. The zero-order valence-electron chi connectivity index (χ0n) is 20.8. The number of benzene rings is 2. The van der Waals surface area contributed by atoms with E-state index in [0.717, 1.165) is 16.7 Å². The Morgan fingerprint density at radius 1 is 1.05 bits per heavy atom. The van der Waals surface area contributed by atoms with Crippen molar-refractivity contribution >= 4 is 32.9 Å². The largest absolute Gasteiger partial charge is 0.496 e. The van der Waals surface area contributed by atoms with Crippen LogP contribution in [0.5, 0.6) is 11.5 Å². The summed E-state index contributed by atoms with van der Waals surface area (Å²) in [7, 11) is 0.129. The van der Waals surface area contributed by atoms with Gasteiger partial charge in [0.05, 0.1) is 34.1 Å². The van der Waals surface area contributed by atoms with Crippen LogP contribution in [-0.2, 0) is 34.3 Å². The number of aromatic nitrogens is 3. The van der Waals surface area contributed by atoms with Gasteiger partial charge in [-0.1, -0.05) is 18.1 Å². The quantitative estimate of drug-likeness (QED) is 0.316. The standard InChI is InChI=1S/C24H27N5O7S/c1-5-15-6-7-18(33-2)21(10-15)37(31,32)28-23-22-19(34-3)8-16(9-20(22)36-27-23)13-29-14-17(12-26-29)11-25-24(30)35-4/h6-10,12,14H,5,11,13H2,1-4H3,(H,25,30)(H,27,28). The number of hydrogen-bond acceptors (Lipinski definition) is 9. The summed E-state index contributed by atoms with van der Waals surface area (Å²) in [6, 6.07) is 8.48. The summed E-state index contributed by atoms with van der Waals surface area (Å²) in [5, 5.41) is 11.2. The number of alkyl carbamates (subject to hydrolysis) is 1. The molecule has 2 N–H and O–H groups in total. The number of rotatable bonds is 10. The Balaban J connectivity index is 1.60. The highest BCUT2D eigenvalue weighted by atomic mass is 32.2. The zero-order valence-corrected chi connectivity index (χ0v) is 21.6. The maximum Gasteiger partial charge on any atom is 0.407 e. The van der Waals surface area contributed by atoms with E-state index in [4.69, 9.17) is 14.0 Å². The normalized spacial score (nSPS) is 11.4. The average molecular weight is 530 g/mol. The van der Waals surface area contributed by atoms with Crippen LogP contribution in [0, 0.1) is 0 Å². The first-order valence-corrected chi connectivity index (χ1v) is 12.8. The Hall–Kier alpha value is -4.26. The lowest BCUT2D eigenvalue weighted by molar-refractivity contribution is 0.170. The summed E-state index contributed by atoms with van der Waals surface area (Å²) in [6.45, 7) is 2.57. The smallest absolute Gasteiger partial charge is 0.407 e. The maximum absolute atomic E-state index is 13.3. The van der Waals surface area contributed by atoms with Crippen LogP contribution in [0.25, 0.3) is 11.0 Å². The summed E-state index contributed by atoms with van der Waals surface area (Å²) in [5.41, 5.74) is 2.75. The van der Waals surface area contributed by atoms with E-state index in [0.29, 0.717) is 29.7 Å². The first-order valence-electron chi connectivity index (χ1n) is 11.3. The van der Waals surface area contributed by atoms with Crippen LogP contribution >= 0.6 is 0 Å². The molecule has 1 amide bonds. The molecule has 4 aromatic rings. The fourth-order valence-electron chi connectivity index (χ4n) is 3.76. The molecule has 0 bridgehead atoms. The van der Waals surface area contributed by atoms with Gasteiger partial charge in [0.25, 0.3) is 10.0 Å². The van der Waals surface area contributed by atoms with E-state index in [2.05, 4.69) is 25.0 Å². The third kappa shape index (κ3) is 5.61. The van der Waals surface area contributed by atoms with Crippen molar-refractivity contribution in [2.24, 2.45) is 0 Å². The number of aryl methyl sites for hydroxylation is 1. The highest BCUT2D eigenvalue weighted by Gasteiger charge is 2.25. The van der Waals surface area contributed by atoms with Gasteiger partial charge in [-0.2, -0.15) is 5.10 Å². The topological polar surface area (TPSA) is 147 Å². The molecule has 0 atom stereocenters. The number of carbonyl (C=O) groups excluding carboxylic acids is 1. The molecular weight excluding hydrogens is 502 g/mol. The minimum absolute atomic E-state index is 0.00221. The van der Waals surface area contributed by atoms with Gasteiger partial charge < -0.3 is 24.1 Å². The predicted octanol–water partition coefficient (Wildman–Crippen LogP) is 3.31. The van der Waals surface area contributed by atoms with E-state index in [1.54, 1.807) is 41.3 Å². The third-order valence-electron chi connectivity index (χ3n) is 5.63. The maximum atomic E-state index is 13.3. The molecule has 0 saturated heterocycles. The molecule has 0 saturated carbocycles. The number of anilines is 1. The van der Waals surface area contributed by atoms with E-state index >= 15 is 0 Å². The van der Waals surface area contributed by atoms with Crippen LogP contribution < -0.4 is 19.5 Å². The Labute approximate surface area is 213 Å². The van der Waals surface area contributed by atoms with Crippen LogP contribution in [0.1, 0.15) is 23.6 Å². The first kappa shape index (κ1) is 25.8. The lowest BCUT2D eigenvalue weighted by Gasteiger charge is -2.12. The molecule has 0 spiro atoms. The van der Waals surface area contributed by atoms with Crippen molar-refractivity contribution < 1.29 is 31.9 Å². The molecule has 4 rings (SSSR count). The Morgan fingerprint density at radius 3 is 2.54 bits per heavy atom. The van der Waals surface area contributed by atoms with Gasteiger partial charge in [0.1, 0.15) is 21.8 Å². The number of methoxy groups -OCH3 is 3. The van der Waals surface area contributed by atoms with E-state index in [1.165, 1.54) is 21.3 Å². The molecule has 0 aliphatic carbocycles. The van der Waals surface area contributed by atoms with Crippen LogP contribution in [0.4, 0.5) is 10.6 Å². The van der Waals surface area contributed by atoms with Gasteiger partial charge in [0.2, 0.25) is 0 Å². The third-order valence-corrected chi connectivity index (χ3v) is 6.99. The van der Waals surface area contributed by atoms with Crippen molar-refractivity contribution in [3.05, 3.63) is 59.4 Å². The average Bonchev–Trinajstić information content (AvgIpc) is 3.52. The molecule has 0 unspecified atom stereocenters. The van der Waals surface area contributed by atoms with Crippen molar-refractivity contribution in [3.8, 4) is 11.5 Å². The van der Waals surface area contributed by atoms with Gasteiger partial charge in [0, 0.05) is 18.3 Å². The number of amides is 1. The molecule has 0 fully saturated rings. The van der Waals surface area contributed by atoms with Crippen molar-refractivity contribution in [2.75, 3.05) is 26.1 Å². The Morgan fingerprint density at radius 2 is 1.84 bits per heavy atom. The van der Waals surface area contributed by atoms with Gasteiger partial charge in [-0.15, -0.1) is 0 Å².